The van der Waals surface area contributed by atoms with Gasteiger partial charge in [-0.05, 0) is 38.3 Å². The van der Waals surface area contributed by atoms with Crippen molar-refractivity contribution in [1.82, 2.24) is 10.6 Å². The lowest BCUT2D eigenvalue weighted by molar-refractivity contribution is 0.117. The van der Waals surface area contributed by atoms with E-state index in [1.165, 1.54) is 18.2 Å². The summed E-state index contributed by atoms with van der Waals surface area (Å²) in [5.41, 5.74) is 0.181. The normalized spacial score (nSPS) is 26.0. The topological polar surface area (TPSA) is 45.7 Å². The van der Waals surface area contributed by atoms with Gasteiger partial charge in [-0.15, -0.1) is 24.0 Å². The molecular weight excluding hydrogens is 427 g/mol. The number of nitrogens with zero attached hydrogens (tertiary/aromatic N) is 1. The molecule has 3 unspecified atom stereocenters. The average Bonchev–Trinajstić information content (AvgIpc) is 3.06. The Morgan fingerprint density at radius 1 is 1.33 bits per heavy atom. The van der Waals surface area contributed by atoms with Crippen LogP contribution in [0.25, 0.3) is 0 Å². The van der Waals surface area contributed by atoms with Crippen LogP contribution in [-0.4, -0.2) is 37.8 Å². The molecule has 2 aliphatic rings. The second kappa shape index (κ2) is 8.94. The first-order chi connectivity index (χ1) is 11.2. The van der Waals surface area contributed by atoms with Crippen molar-refractivity contribution in [1.29, 1.82) is 0 Å². The van der Waals surface area contributed by atoms with Crippen LogP contribution >= 0.6 is 24.0 Å². The Kier molecular flexibility index (Phi) is 7.21. The van der Waals surface area contributed by atoms with Crippen molar-refractivity contribution < 1.29 is 13.5 Å². The van der Waals surface area contributed by atoms with Crippen LogP contribution in [0.5, 0.6) is 0 Å². The average molecular weight is 451 g/mol. The monoisotopic (exact) mass is 451 g/mol. The number of guanidine groups is 1. The Labute approximate surface area is 158 Å². The highest BCUT2D eigenvalue weighted by Crippen LogP contribution is 2.43. The minimum atomic E-state index is -0.472. The van der Waals surface area contributed by atoms with Crippen LogP contribution in [0.15, 0.2) is 23.2 Å². The third-order valence-electron chi connectivity index (χ3n) is 4.30. The standard InChI is InChI=1S/C17H23F2N3O.HI/c1-2-20-17(21-10-11-5-4-8-23-11)22-15-9-12(15)16-13(18)6-3-7-14(16)19;/h3,6-7,11-12,15H,2,4-5,8-10H2,1H3,(H2,20,21,22);1H. The number of hydrogen-bond donors (Lipinski definition) is 2. The molecule has 1 saturated carbocycles. The zero-order chi connectivity index (χ0) is 16.2. The summed E-state index contributed by atoms with van der Waals surface area (Å²) in [7, 11) is 0. The lowest BCUT2D eigenvalue weighted by Gasteiger charge is -2.13. The fourth-order valence-corrected chi connectivity index (χ4v) is 3.02. The van der Waals surface area contributed by atoms with Crippen molar-refractivity contribution in [3.05, 3.63) is 35.4 Å². The summed E-state index contributed by atoms with van der Waals surface area (Å²) in [6, 6.07) is 4.03. The van der Waals surface area contributed by atoms with Crippen molar-refractivity contribution in [2.24, 2.45) is 4.99 Å². The molecule has 1 aliphatic heterocycles. The third-order valence-corrected chi connectivity index (χ3v) is 4.30. The molecule has 1 aromatic rings. The Hall–Kier alpha value is -0.960. The number of ether oxygens (including phenoxy) is 1. The van der Waals surface area contributed by atoms with Crippen molar-refractivity contribution in [2.45, 2.75) is 44.2 Å². The first-order valence-electron chi connectivity index (χ1n) is 8.29. The quantitative estimate of drug-likeness (QED) is 0.411. The minimum Gasteiger partial charge on any atom is -0.376 e. The summed E-state index contributed by atoms with van der Waals surface area (Å²) in [6.07, 6.45) is 3.02. The summed E-state index contributed by atoms with van der Waals surface area (Å²) in [5.74, 6) is -0.392. The first kappa shape index (κ1) is 19.4. The van der Waals surface area contributed by atoms with Gasteiger partial charge in [0.1, 0.15) is 11.6 Å². The van der Waals surface area contributed by atoms with E-state index < -0.39 is 11.6 Å². The smallest absolute Gasteiger partial charge is 0.191 e. The van der Waals surface area contributed by atoms with Gasteiger partial charge in [0.2, 0.25) is 0 Å². The molecule has 134 valence electrons. The van der Waals surface area contributed by atoms with E-state index in [0.717, 1.165) is 26.0 Å². The van der Waals surface area contributed by atoms with Gasteiger partial charge >= 0.3 is 0 Å². The molecule has 0 bridgehead atoms. The lowest BCUT2D eigenvalue weighted by atomic mass is 10.1. The Morgan fingerprint density at radius 2 is 2.08 bits per heavy atom. The maximum atomic E-state index is 13.8. The van der Waals surface area contributed by atoms with E-state index in [-0.39, 0.29) is 47.6 Å². The van der Waals surface area contributed by atoms with E-state index in [0.29, 0.717) is 18.9 Å². The van der Waals surface area contributed by atoms with Crippen LogP contribution in [0.3, 0.4) is 0 Å². The fraction of sp³-hybridized carbons (Fsp3) is 0.588. The largest absolute Gasteiger partial charge is 0.376 e. The van der Waals surface area contributed by atoms with Crippen LogP contribution in [0.2, 0.25) is 0 Å². The van der Waals surface area contributed by atoms with E-state index >= 15 is 0 Å². The Morgan fingerprint density at radius 3 is 2.71 bits per heavy atom. The van der Waals surface area contributed by atoms with Gasteiger partial charge in [-0.3, -0.25) is 4.99 Å². The van der Waals surface area contributed by atoms with E-state index in [4.69, 9.17) is 4.74 Å². The van der Waals surface area contributed by atoms with Gasteiger partial charge in [0, 0.05) is 30.7 Å². The molecular formula is C17H24F2IN3O. The number of hydrogen-bond acceptors (Lipinski definition) is 2. The maximum absolute atomic E-state index is 13.8. The predicted molar refractivity (Wildman–Crippen MR) is 101 cm³/mol. The number of halogens is 3. The van der Waals surface area contributed by atoms with Crippen LogP contribution in [-0.2, 0) is 4.74 Å². The maximum Gasteiger partial charge on any atom is 0.191 e. The van der Waals surface area contributed by atoms with Gasteiger partial charge in [0.15, 0.2) is 5.96 Å². The number of benzene rings is 1. The van der Waals surface area contributed by atoms with E-state index in [1.807, 2.05) is 6.92 Å². The second-order valence-electron chi connectivity index (χ2n) is 6.08. The molecule has 1 aromatic carbocycles. The Balaban J connectivity index is 0.00000208. The first-order valence-corrected chi connectivity index (χ1v) is 8.29. The summed E-state index contributed by atoms with van der Waals surface area (Å²) < 4.78 is 33.2. The molecule has 24 heavy (non-hydrogen) atoms. The zero-order valence-electron chi connectivity index (χ0n) is 13.7. The molecule has 2 N–H and O–H groups in total. The van der Waals surface area contributed by atoms with Crippen molar-refractivity contribution in [2.75, 3.05) is 19.7 Å². The predicted octanol–water partition coefficient (Wildman–Crippen LogP) is 3.17. The summed E-state index contributed by atoms with van der Waals surface area (Å²) in [4.78, 5) is 4.53. The molecule has 0 spiro atoms. The molecule has 0 radical (unpaired) electrons. The highest BCUT2D eigenvalue weighted by Gasteiger charge is 2.42. The van der Waals surface area contributed by atoms with Gasteiger partial charge in [0.05, 0.1) is 12.6 Å². The number of aliphatic imine (C=N–C) groups is 1. The van der Waals surface area contributed by atoms with E-state index in [9.17, 15) is 8.78 Å². The van der Waals surface area contributed by atoms with E-state index in [2.05, 4.69) is 15.6 Å². The van der Waals surface area contributed by atoms with Crippen LogP contribution in [0, 0.1) is 11.6 Å². The molecule has 1 heterocycles. The lowest BCUT2D eigenvalue weighted by Crippen LogP contribution is -2.39. The summed E-state index contributed by atoms with van der Waals surface area (Å²) in [6.45, 7) is 4.15. The molecule has 0 amide bonds. The van der Waals surface area contributed by atoms with Gasteiger partial charge in [-0.2, -0.15) is 0 Å². The molecule has 3 rings (SSSR count). The second-order valence-corrected chi connectivity index (χ2v) is 6.08. The van der Waals surface area contributed by atoms with Crippen LogP contribution in [0.4, 0.5) is 8.78 Å². The van der Waals surface area contributed by atoms with Gasteiger partial charge < -0.3 is 15.4 Å². The molecule has 7 heteroatoms. The Bertz CT molecular complexity index is 559. The highest BCUT2D eigenvalue weighted by atomic mass is 127. The summed E-state index contributed by atoms with van der Waals surface area (Å²) in [5, 5.41) is 6.44. The zero-order valence-corrected chi connectivity index (χ0v) is 16.1. The van der Waals surface area contributed by atoms with Crippen molar-refractivity contribution in [3.63, 3.8) is 0 Å². The number of rotatable bonds is 5. The summed E-state index contributed by atoms with van der Waals surface area (Å²) >= 11 is 0. The minimum absolute atomic E-state index is 0. The molecule has 2 fully saturated rings. The van der Waals surface area contributed by atoms with Crippen molar-refractivity contribution in [3.8, 4) is 0 Å². The number of nitrogens with one attached hydrogen (secondary N) is 2. The van der Waals surface area contributed by atoms with Crippen molar-refractivity contribution >= 4 is 29.9 Å². The third kappa shape index (κ3) is 4.78. The molecule has 1 saturated heterocycles. The van der Waals surface area contributed by atoms with Crippen LogP contribution in [0.1, 0.15) is 37.7 Å². The van der Waals surface area contributed by atoms with Gasteiger partial charge in [-0.1, -0.05) is 6.07 Å². The highest BCUT2D eigenvalue weighted by molar-refractivity contribution is 14.0. The van der Waals surface area contributed by atoms with Gasteiger partial charge in [-0.25, -0.2) is 8.78 Å². The molecule has 0 aromatic heterocycles. The van der Waals surface area contributed by atoms with E-state index in [1.54, 1.807) is 0 Å². The SMILES string of the molecule is CCNC(=NCC1CCCO1)NC1CC1c1c(F)cccc1F.I. The fourth-order valence-electron chi connectivity index (χ4n) is 3.02. The molecule has 1 aliphatic carbocycles. The van der Waals surface area contributed by atoms with Crippen LogP contribution < -0.4 is 10.6 Å². The molecule has 3 atom stereocenters. The van der Waals surface area contributed by atoms with Gasteiger partial charge in [0.25, 0.3) is 0 Å². The molecule has 4 nitrogen and oxygen atoms in total.